The third kappa shape index (κ3) is 5.42. The standard InChI is InChI=1S/C16H20N2O2S2/c1-3-8-21-11-13-9-15(19)18-16(17-13)22-10-12-4-6-14(20-2)7-5-12/h4-7,9H,3,8,10-11H2,1-2H3,(H,17,18,19). The highest BCUT2D eigenvalue weighted by Crippen LogP contribution is 2.21. The van der Waals surface area contributed by atoms with Crippen molar-refractivity contribution in [3.63, 3.8) is 0 Å². The highest BCUT2D eigenvalue weighted by molar-refractivity contribution is 7.98. The highest BCUT2D eigenvalue weighted by Gasteiger charge is 2.04. The van der Waals surface area contributed by atoms with Crippen LogP contribution in [-0.4, -0.2) is 22.8 Å². The Morgan fingerprint density at radius 2 is 2.00 bits per heavy atom. The number of aromatic nitrogens is 2. The van der Waals surface area contributed by atoms with Crippen LogP contribution in [0.25, 0.3) is 0 Å². The van der Waals surface area contributed by atoms with E-state index in [9.17, 15) is 4.79 Å². The van der Waals surface area contributed by atoms with Crippen LogP contribution in [-0.2, 0) is 11.5 Å². The number of ether oxygens (including phenoxy) is 1. The normalized spacial score (nSPS) is 10.6. The summed E-state index contributed by atoms with van der Waals surface area (Å²) >= 11 is 3.34. The Hall–Kier alpha value is -1.40. The predicted molar refractivity (Wildman–Crippen MR) is 93.9 cm³/mol. The lowest BCUT2D eigenvalue weighted by atomic mass is 10.2. The minimum atomic E-state index is -0.0840. The molecule has 0 aliphatic rings. The van der Waals surface area contributed by atoms with E-state index in [1.54, 1.807) is 24.9 Å². The largest absolute Gasteiger partial charge is 0.497 e. The molecule has 0 saturated carbocycles. The van der Waals surface area contributed by atoms with Gasteiger partial charge in [0, 0.05) is 17.6 Å². The van der Waals surface area contributed by atoms with Crippen LogP contribution in [0.4, 0.5) is 0 Å². The van der Waals surface area contributed by atoms with E-state index in [-0.39, 0.29) is 5.56 Å². The van der Waals surface area contributed by atoms with Crippen molar-refractivity contribution in [1.82, 2.24) is 9.97 Å². The molecule has 4 nitrogen and oxygen atoms in total. The molecule has 1 aromatic heterocycles. The van der Waals surface area contributed by atoms with Crippen molar-refractivity contribution in [3.8, 4) is 5.75 Å². The lowest BCUT2D eigenvalue weighted by molar-refractivity contribution is 0.414. The molecule has 0 amide bonds. The van der Waals surface area contributed by atoms with Gasteiger partial charge in [-0.2, -0.15) is 11.8 Å². The first kappa shape index (κ1) is 17.0. The van der Waals surface area contributed by atoms with Crippen LogP contribution in [0.15, 0.2) is 40.3 Å². The molecule has 0 unspecified atom stereocenters. The number of H-pyrrole nitrogens is 1. The SMILES string of the molecule is CCCSCc1cc(=O)[nH]c(SCc2ccc(OC)cc2)n1. The van der Waals surface area contributed by atoms with Gasteiger partial charge < -0.3 is 9.72 Å². The molecule has 0 radical (unpaired) electrons. The third-order valence-electron chi connectivity index (χ3n) is 2.91. The minimum Gasteiger partial charge on any atom is -0.497 e. The molecule has 118 valence electrons. The summed E-state index contributed by atoms with van der Waals surface area (Å²) in [6.07, 6.45) is 1.13. The topological polar surface area (TPSA) is 55.0 Å². The third-order valence-corrected chi connectivity index (χ3v) is 5.05. The van der Waals surface area contributed by atoms with Gasteiger partial charge in [0.1, 0.15) is 5.75 Å². The molecule has 2 aromatic rings. The van der Waals surface area contributed by atoms with E-state index in [1.165, 1.54) is 17.3 Å². The van der Waals surface area contributed by atoms with Crippen molar-refractivity contribution in [3.05, 3.63) is 51.9 Å². The smallest absolute Gasteiger partial charge is 0.251 e. The predicted octanol–water partition coefficient (Wildman–Crippen LogP) is 3.71. The number of nitrogens with one attached hydrogen (secondary N) is 1. The highest BCUT2D eigenvalue weighted by atomic mass is 32.2. The van der Waals surface area contributed by atoms with E-state index in [0.717, 1.165) is 35.1 Å². The van der Waals surface area contributed by atoms with Gasteiger partial charge >= 0.3 is 0 Å². The molecule has 1 N–H and O–H groups in total. The minimum absolute atomic E-state index is 0.0840. The summed E-state index contributed by atoms with van der Waals surface area (Å²) in [5, 5.41) is 0.676. The second-order valence-corrected chi connectivity index (χ2v) is 6.80. The summed E-state index contributed by atoms with van der Waals surface area (Å²) in [5.41, 5.74) is 1.93. The van der Waals surface area contributed by atoms with E-state index in [4.69, 9.17) is 4.74 Å². The molecule has 6 heteroatoms. The Kier molecular flexibility index (Phi) is 6.86. The van der Waals surface area contributed by atoms with Crippen LogP contribution in [0.1, 0.15) is 24.6 Å². The van der Waals surface area contributed by atoms with Crippen LogP contribution in [0.2, 0.25) is 0 Å². The van der Waals surface area contributed by atoms with Crippen LogP contribution >= 0.6 is 23.5 Å². The van der Waals surface area contributed by atoms with Gasteiger partial charge in [-0.05, 0) is 29.9 Å². The number of rotatable bonds is 8. The van der Waals surface area contributed by atoms with Crippen molar-refractivity contribution >= 4 is 23.5 Å². The van der Waals surface area contributed by atoms with Crippen molar-refractivity contribution in [2.45, 2.75) is 30.0 Å². The quantitative estimate of drug-likeness (QED) is 0.452. The zero-order valence-corrected chi connectivity index (χ0v) is 14.4. The average molecular weight is 336 g/mol. The number of methoxy groups -OCH3 is 1. The molecule has 0 fully saturated rings. The van der Waals surface area contributed by atoms with Gasteiger partial charge in [-0.3, -0.25) is 4.79 Å². The number of nitrogens with zero attached hydrogens (tertiary/aromatic N) is 1. The average Bonchev–Trinajstić information content (AvgIpc) is 2.53. The molecule has 2 rings (SSSR count). The van der Waals surface area contributed by atoms with Crippen LogP contribution in [0.3, 0.4) is 0 Å². The molecule has 0 aliphatic carbocycles. The number of hydrogen-bond acceptors (Lipinski definition) is 5. The van der Waals surface area contributed by atoms with Gasteiger partial charge in [0.25, 0.3) is 5.56 Å². The van der Waals surface area contributed by atoms with E-state index in [2.05, 4.69) is 16.9 Å². The molecule has 0 bridgehead atoms. The van der Waals surface area contributed by atoms with Crippen molar-refractivity contribution in [2.75, 3.05) is 12.9 Å². The Balaban J connectivity index is 1.97. The van der Waals surface area contributed by atoms with Crippen LogP contribution in [0.5, 0.6) is 5.75 Å². The summed E-state index contributed by atoms with van der Waals surface area (Å²) in [7, 11) is 1.65. The van der Waals surface area contributed by atoms with E-state index < -0.39 is 0 Å². The lowest BCUT2D eigenvalue weighted by Gasteiger charge is -2.05. The molecule has 1 aromatic carbocycles. The first-order valence-electron chi connectivity index (χ1n) is 7.15. The Morgan fingerprint density at radius 1 is 1.23 bits per heavy atom. The first-order chi connectivity index (χ1) is 10.7. The van der Waals surface area contributed by atoms with E-state index >= 15 is 0 Å². The number of thioether (sulfide) groups is 2. The fraction of sp³-hybridized carbons (Fsp3) is 0.375. The molecule has 1 heterocycles. The van der Waals surface area contributed by atoms with Gasteiger partial charge in [-0.25, -0.2) is 4.98 Å². The summed E-state index contributed by atoms with van der Waals surface area (Å²) < 4.78 is 5.14. The summed E-state index contributed by atoms with van der Waals surface area (Å²) in [4.78, 5) is 19.0. The molecular weight excluding hydrogens is 316 g/mol. The first-order valence-corrected chi connectivity index (χ1v) is 9.29. The van der Waals surface area contributed by atoms with Gasteiger partial charge in [-0.15, -0.1) is 0 Å². The molecular formula is C16H20N2O2S2. The molecule has 0 atom stereocenters. The van der Waals surface area contributed by atoms with Gasteiger partial charge in [0.15, 0.2) is 5.16 Å². The second-order valence-electron chi connectivity index (χ2n) is 4.73. The van der Waals surface area contributed by atoms with E-state index in [1.807, 2.05) is 24.3 Å². The zero-order chi connectivity index (χ0) is 15.8. The second kappa shape index (κ2) is 8.90. The Morgan fingerprint density at radius 3 is 2.68 bits per heavy atom. The maximum absolute atomic E-state index is 11.7. The maximum Gasteiger partial charge on any atom is 0.251 e. The number of benzene rings is 1. The fourth-order valence-corrected chi connectivity index (χ4v) is 3.46. The van der Waals surface area contributed by atoms with Gasteiger partial charge in [0.05, 0.1) is 12.8 Å². The van der Waals surface area contributed by atoms with Crippen molar-refractivity contribution in [1.29, 1.82) is 0 Å². The summed E-state index contributed by atoms with van der Waals surface area (Å²) in [6, 6.07) is 9.49. The fourth-order valence-electron chi connectivity index (χ4n) is 1.82. The molecule has 0 spiro atoms. The van der Waals surface area contributed by atoms with Gasteiger partial charge in [-0.1, -0.05) is 30.8 Å². The summed E-state index contributed by atoms with van der Waals surface area (Å²) in [5.74, 6) is 3.48. The lowest BCUT2D eigenvalue weighted by Crippen LogP contribution is -2.09. The number of hydrogen-bond donors (Lipinski definition) is 1. The molecule has 22 heavy (non-hydrogen) atoms. The monoisotopic (exact) mass is 336 g/mol. The summed E-state index contributed by atoms with van der Waals surface area (Å²) in [6.45, 7) is 2.15. The number of aromatic amines is 1. The van der Waals surface area contributed by atoms with Crippen molar-refractivity contribution < 1.29 is 4.74 Å². The zero-order valence-electron chi connectivity index (χ0n) is 12.8. The Bertz CT molecular complexity index is 641. The molecule has 0 aliphatic heterocycles. The van der Waals surface area contributed by atoms with Gasteiger partial charge in [0.2, 0.25) is 0 Å². The van der Waals surface area contributed by atoms with Crippen LogP contribution < -0.4 is 10.3 Å². The van der Waals surface area contributed by atoms with E-state index in [0.29, 0.717) is 5.16 Å². The maximum atomic E-state index is 11.7. The van der Waals surface area contributed by atoms with Crippen LogP contribution in [0, 0.1) is 0 Å². The van der Waals surface area contributed by atoms with Crippen molar-refractivity contribution in [2.24, 2.45) is 0 Å². The Labute approximate surface area is 139 Å². The molecule has 0 saturated heterocycles.